The Labute approximate surface area is 77.6 Å². The molecule has 0 saturated carbocycles. The Bertz CT molecular complexity index is 396. The molecule has 0 amide bonds. The van der Waals surface area contributed by atoms with E-state index in [0.717, 1.165) is 15.1 Å². The first-order valence-electron chi connectivity index (χ1n) is 2.95. The third kappa shape index (κ3) is 1.22. The fourth-order valence-electron chi connectivity index (χ4n) is 0.869. The van der Waals surface area contributed by atoms with Crippen LogP contribution in [0, 0.1) is 0 Å². The predicted octanol–water partition coefficient (Wildman–Crippen LogP) is 3.60. The number of nitrogens with zero attached hydrogens (tertiary/aromatic N) is 1. The molecule has 0 aliphatic heterocycles. The van der Waals surface area contributed by atoms with E-state index in [2.05, 4.69) is 4.98 Å². The summed E-state index contributed by atoms with van der Waals surface area (Å²) in [4.78, 5) is 3.93. The topological polar surface area (TPSA) is 12.9 Å². The third-order valence-electron chi connectivity index (χ3n) is 1.38. The van der Waals surface area contributed by atoms with Gasteiger partial charge in [-0.3, -0.25) is 0 Å². The highest BCUT2D eigenvalue weighted by molar-refractivity contribution is 7.17. The van der Waals surface area contributed by atoms with E-state index in [1.54, 1.807) is 17.5 Å². The summed E-state index contributed by atoms with van der Waals surface area (Å²) in [6.07, 6.45) is 1.69. The lowest BCUT2D eigenvalue weighted by Gasteiger charge is -1.89. The van der Waals surface area contributed by atoms with Gasteiger partial charge < -0.3 is 0 Å². The zero-order valence-electron chi connectivity index (χ0n) is 5.34. The van der Waals surface area contributed by atoms with E-state index in [1.807, 2.05) is 11.4 Å². The standard InChI is InChI=1S/C7H3Cl2NS/c8-5-3-11-6-1-7(9)10-2-4(5)6/h1-3H. The van der Waals surface area contributed by atoms with Gasteiger partial charge in [-0.2, -0.15) is 0 Å². The van der Waals surface area contributed by atoms with Crippen molar-refractivity contribution in [3.63, 3.8) is 0 Å². The Morgan fingerprint density at radius 1 is 1.36 bits per heavy atom. The van der Waals surface area contributed by atoms with Gasteiger partial charge in [0.15, 0.2) is 0 Å². The zero-order chi connectivity index (χ0) is 7.84. The Morgan fingerprint density at radius 3 is 3.00 bits per heavy atom. The summed E-state index contributed by atoms with van der Waals surface area (Å²) >= 11 is 13.1. The first-order chi connectivity index (χ1) is 5.27. The van der Waals surface area contributed by atoms with E-state index >= 15 is 0 Å². The Hall–Kier alpha value is -0.310. The minimum atomic E-state index is 0.510. The van der Waals surface area contributed by atoms with E-state index in [4.69, 9.17) is 23.2 Å². The lowest BCUT2D eigenvalue weighted by Crippen LogP contribution is -1.71. The van der Waals surface area contributed by atoms with Crippen LogP contribution in [0.4, 0.5) is 0 Å². The number of pyridine rings is 1. The van der Waals surface area contributed by atoms with Crippen LogP contribution >= 0.6 is 34.5 Å². The van der Waals surface area contributed by atoms with Crippen molar-refractivity contribution >= 4 is 44.6 Å². The molecule has 2 aromatic rings. The van der Waals surface area contributed by atoms with E-state index in [9.17, 15) is 0 Å². The van der Waals surface area contributed by atoms with Crippen LogP contribution in [0.1, 0.15) is 0 Å². The van der Waals surface area contributed by atoms with E-state index < -0.39 is 0 Å². The van der Waals surface area contributed by atoms with Crippen molar-refractivity contribution in [2.24, 2.45) is 0 Å². The summed E-state index contributed by atoms with van der Waals surface area (Å²) in [5, 5.41) is 4.11. The molecule has 11 heavy (non-hydrogen) atoms. The Morgan fingerprint density at radius 2 is 2.18 bits per heavy atom. The number of fused-ring (bicyclic) bond motifs is 1. The van der Waals surface area contributed by atoms with Crippen molar-refractivity contribution in [3.05, 3.63) is 27.8 Å². The van der Waals surface area contributed by atoms with Gasteiger partial charge in [0.25, 0.3) is 0 Å². The smallest absolute Gasteiger partial charge is 0.130 e. The van der Waals surface area contributed by atoms with Gasteiger partial charge in [0.1, 0.15) is 5.15 Å². The fraction of sp³-hybridized carbons (Fsp3) is 0. The number of thiophene rings is 1. The normalized spacial score (nSPS) is 10.7. The lowest BCUT2D eigenvalue weighted by molar-refractivity contribution is 1.37. The van der Waals surface area contributed by atoms with Crippen LogP contribution in [-0.4, -0.2) is 4.98 Å². The molecule has 0 aliphatic carbocycles. The van der Waals surface area contributed by atoms with Crippen LogP contribution in [-0.2, 0) is 0 Å². The van der Waals surface area contributed by atoms with E-state index in [-0.39, 0.29) is 0 Å². The van der Waals surface area contributed by atoms with Gasteiger partial charge in [-0.1, -0.05) is 23.2 Å². The molecular formula is C7H3Cl2NS. The highest BCUT2D eigenvalue weighted by Gasteiger charge is 2.01. The van der Waals surface area contributed by atoms with Crippen LogP contribution < -0.4 is 0 Å². The monoisotopic (exact) mass is 203 g/mol. The minimum absolute atomic E-state index is 0.510. The van der Waals surface area contributed by atoms with Crippen molar-refractivity contribution in [1.29, 1.82) is 0 Å². The number of hydrogen-bond donors (Lipinski definition) is 0. The molecule has 4 heteroatoms. The molecule has 0 fully saturated rings. The molecule has 2 aromatic heterocycles. The van der Waals surface area contributed by atoms with Crippen molar-refractivity contribution in [2.75, 3.05) is 0 Å². The number of aromatic nitrogens is 1. The van der Waals surface area contributed by atoms with Crippen molar-refractivity contribution in [3.8, 4) is 0 Å². The quantitative estimate of drug-likeness (QED) is 0.597. The molecule has 0 aliphatic rings. The van der Waals surface area contributed by atoms with Crippen LogP contribution in [0.3, 0.4) is 0 Å². The first-order valence-corrected chi connectivity index (χ1v) is 4.59. The molecule has 2 heterocycles. The van der Waals surface area contributed by atoms with Crippen molar-refractivity contribution < 1.29 is 0 Å². The summed E-state index contributed by atoms with van der Waals surface area (Å²) in [7, 11) is 0. The summed E-state index contributed by atoms with van der Waals surface area (Å²) in [6.45, 7) is 0. The van der Waals surface area contributed by atoms with Crippen LogP contribution in [0.2, 0.25) is 10.2 Å². The summed E-state index contributed by atoms with van der Waals surface area (Å²) < 4.78 is 1.08. The average molecular weight is 204 g/mol. The van der Waals surface area contributed by atoms with E-state index in [1.165, 1.54) is 0 Å². The van der Waals surface area contributed by atoms with Gasteiger partial charge in [0.05, 0.1) is 5.02 Å². The average Bonchev–Trinajstić information content (AvgIpc) is 2.32. The molecule has 0 unspecified atom stereocenters. The second-order valence-electron chi connectivity index (χ2n) is 2.09. The third-order valence-corrected chi connectivity index (χ3v) is 2.97. The van der Waals surface area contributed by atoms with Gasteiger partial charge in [-0.05, 0) is 6.07 Å². The molecule has 0 aromatic carbocycles. The maximum Gasteiger partial charge on any atom is 0.130 e. The molecule has 0 atom stereocenters. The zero-order valence-corrected chi connectivity index (χ0v) is 7.67. The maximum absolute atomic E-state index is 5.85. The predicted molar refractivity (Wildman–Crippen MR) is 49.6 cm³/mol. The summed E-state index contributed by atoms with van der Waals surface area (Å²) in [5.74, 6) is 0. The molecular weight excluding hydrogens is 201 g/mol. The molecule has 56 valence electrons. The van der Waals surface area contributed by atoms with Crippen LogP contribution in [0.25, 0.3) is 10.1 Å². The van der Waals surface area contributed by atoms with Crippen molar-refractivity contribution in [1.82, 2.24) is 4.98 Å². The fourth-order valence-corrected chi connectivity index (χ4v) is 2.26. The molecule has 0 radical (unpaired) electrons. The molecule has 2 rings (SSSR count). The molecule has 0 bridgehead atoms. The maximum atomic E-state index is 5.85. The highest BCUT2D eigenvalue weighted by Crippen LogP contribution is 2.30. The number of rotatable bonds is 0. The summed E-state index contributed by atoms with van der Waals surface area (Å²) in [6, 6.07) is 1.81. The van der Waals surface area contributed by atoms with Crippen LogP contribution in [0.5, 0.6) is 0 Å². The van der Waals surface area contributed by atoms with E-state index in [0.29, 0.717) is 5.15 Å². The van der Waals surface area contributed by atoms with Gasteiger partial charge in [0, 0.05) is 21.7 Å². The first kappa shape index (κ1) is 7.35. The van der Waals surface area contributed by atoms with Crippen LogP contribution in [0.15, 0.2) is 17.6 Å². The molecule has 1 nitrogen and oxygen atoms in total. The second-order valence-corrected chi connectivity index (χ2v) is 3.79. The van der Waals surface area contributed by atoms with Gasteiger partial charge in [-0.15, -0.1) is 11.3 Å². The molecule has 0 spiro atoms. The number of hydrogen-bond acceptors (Lipinski definition) is 2. The second kappa shape index (κ2) is 2.63. The summed E-state index contributed by atoms with van der Waals surface area (Å²) in [5.41, 5.74) is 0. The minimum Gasteiger partial charge on any atom is -0.244 e. The van der Waals surface area contributed by atoms with Gasteiger partial charge in [0.2, 0.25) is 0 Å². The highest BCUT2D eigenvalue weighted by atomic mass is 35.5. The Balaban J connectivity index is 2.86. The lowest BCUT2D eigenvalue weighted by atomic mass is 10.3. The number of halogens is 2. The molecule has 0 N–H and O–H groups in total. The molecule has 0 saturated heterocycles. The SMILES string of the molecule is Clc1cc2scc(Cl)c2cn1. The Kier molecular flexibility index (Phi) is 1.75. The van der Waals surface area contributed by atoms with Gasteiger partial charge >= 0.3 is 0 Å². The largest absolute Gasteiger partial charge is 0.244 e. The van der Waals surface area contributed by atoms with Gasteiger partial charge in [-0.25, -0.2) is 4.98 Å². The van der Waals surface area contributed by atoms with Crippen molar-refractivity contribution in [2.45, 2.75) is 0 Å².